The molecule has 3 nitrogen and oxygen atoms in total. The van der Waals surface area contributed by atoms with E-state index in [1.807, 2.05) is 0 Å². The molecule has 0 aliphatic carbocycles. The molecule has 1 aromatic rings. The van der Waals surface area contributed by atoms with E-state index >= 15 is 0 Å². The van der Waals surface area contributed by atoms with Gasteiger partial charge in [0.05, 0.1) is 0 Å². The average Bonchev–Trinajstić information content (AvgIpc) is 2.04. The maximum Gasteiger partial charge on any atom is 0.405 e. The SMILES string of the molecule is C[C@@H](OC(N)=O)c1ccc(F)cc1. The molecule has 1 aromatic carbocycles. The number of primary amides is 1. The Morgan fingerprint density at radius 3 is 2.46 bits per heavy atom. The molecule has 0 aromatic heterocycles. The standard InChI is InChI=1S/C9H10FNO2/c1-6(13-9(11)12)7-2-4-8(10)5-3-7/h2-6H,1H3,(H2,11,12)/t6-/m1/s1. The van der Waals surface area contributed by atoms with Gasteiger partial charge in [0.25, 0.3) is 0 Å². The van der Waals surface area contributed by atoms with Crippen LogP contribution in [-0.4, -0.2) is 6.09 Å². The van der Waals surface area contributed by atoms with Crippen LogP contribution in [-0.2, 0) is 4.74 Å². The van der Waals surface area contributed by atoms with E-state index in [9.17, 15) is 9.18 Å². The van der Waals surface area contributed by atoms with Crippen LogP contribution in [0.3, 0.4) is 0 Å². The summed E-state index contributed by atoms with van der Waals surface area (Å²) in [7, 11) is 0. The van der Waals surface area contributed by atoms with Crippen molar-refractivity contribution < 1.29 is 13.9 Å². The fourth-order valence-electron chi connectivity index (χ4n) is 0.976. The molecule has 0 bridgehead atoms. The van der Waals surface area contributed by atoms with Crippen molar-refractivity contribution in [3.8, 4) is 0 Å². The van der Waals surface area contributed by atoms with Crippen LogP contribution in [0.2, 0.25) is 0 Å². The van der Waals surface area contributed by atoms with Crippen molar-refractivity contribution in [1.29, 1.82) is 0 Å². The number of hydrogen-bond donors (Lipinski definition) is 1. The summed E-state index contributed by atoms with van der Waals surface area (Å²) in [6.07, 6.45) is -1.28. The Hall–Kier alpha value is -1.58. The number of carbonyl (C=O) groups is 1. The monoisotopic (exact) mass is 183 g/mol. The zero-order valence-electron chi connectivity index (χ0n) is 7.16. The van der Waals surface area contributed by atoms with Crippen molar-refractivity contribution in [2.24, 2.45) is 5.73 Å². The molecule has 1 amide bonds. The van der Waals surface area contributed by atoms with Gasteiger partial charge in [-0.2, -0.15) is 0 Å². The molecule has 4 heteroatoms. The second kappa shape index (κ2) is 3.89. The van der Waals surface area contributed by atoms with Crippen molar-refractivity contribution in [1.82, 2.24) is 0 Å². The molecule has 0 saturated heterocycles. The van der Waals surface area contributed by atoms with E-state index in [1.165, 1.54) is 12.1 Å². The van der Waals surface area contributed by atoms with Gasteiger partial charge in [-0.25, -0.2) is 9.18 Å². The molecule has 0 spiro atoms. The van der Waals surface area contributed by atoms with E-state index < -0.39 is 12.2 Å². The van der Waals surface area contributed by atoms with Crippen LogP contribution in [0.5, 0.6) is 0 Å². The van der Waals surface area contributed by atoms with Gasteiger partial charge in [0, 0.05) is 0 Å². The van der Waals surface area contributed by atoms with E-state index in [0.29, 0.717) is 5.56 Å². The lowest BCUT2D eigenvalue weighted by Gasteiger charge is -2.10. The smallest absolute Gasteiger partial charge is 0.405 e. The molecule has 70 valence electrons. The van der Waals surface area contributed by atoms with Gasteiger partial charge in [-0.1, -0.05) is 12.1 Å². The number of halogens is 1. The lowest BCUT2D eigenvalue weighted by atomic mass is 10.1. The molecule has 0 unspecified atom stereocenters. The summed E-state index contributed by atoms with van der Waals surface area (Å²) in [5, 5.41) is 0. The molecule has 0 aliphatic heterocycles. The Morgan fingerprint density at radius 2 is 2.00 bits per heavy atom. The molecule has 2 N–H and O–H groups in total. The predicted octanol–water partition coefficient (Wildman–Crippen LogP) is 1.98. The number of hydrogen-bond acceptors (Lipinski definition) is 2. The molecule has 1 atom stereocenters. The second-order valence-corrected chi connectivity index (χ2v) is 2.63. The van der Waals surface area contributed by atoms with Crippen molar-refractivity contribution in [2.45, 2.75) is 13.0 Å². The molecule has 1 rings (SSSR count). The number of rotatable bonds is 2. The summed E-state index contributed by atoms with van der Waals surface area (Å²) in [6.45, 7) is 1.66. The Bertz CT molecular complexity index is 297. The van der Waals surface area contributed by atoms with Crippen LogP contribution in [0.4, 0.5) is 9.18 Å². The van der Waals surface area contributed by atoms with Crippen LogP contribution in [0.25, 0.3) is 0 Å². The summed E-state index contributed by atoms with van der Waals surface area (Å²) in [4.78, 5) is 10.4. The van der Waals surface area contributed by atoms with Crippen LogP contribution in [0, 0.1) is 5.82 Å². The first-order chi connectivity index (χ1) is 6.09. The Balaban J connectivity index is 2.71. The minimum atomic E-state index is -0.836. The zero-order valence-corrected chi connectivity index (χ0v) is 7.16. The molecular formula is C9H10FNO2. The highest BCUT2D eigenvalue weighted by atomic mass is 19.1. The lowest BCUT2D eigenvalue weighted by molar-refractivity contribution is 0.116. The third-order valence-electron chi connectivity index (χ3n) is 1.63. The first kappa shape index (κ1) is 9.51. The van der Waals surface area contributed by atoms with Gasteiger partial charge in [0.2, 0.25) is 0 Å². The van der Waals surface area contributed by atoms with Gasteiger partial charge in [-0.3, -0.25) is 0 Å². The average molecular weight is 183 g/mol. The van der Waals surface area contributed by atoms with Crippen molar-refractivity contribution in [2.75, 3.05) is 0 Å². The van der Waals surface area contributed by atoms with Crippen LogP contribution >= 0.6 is 0 Å². The topological polar surface area (TPSA) is 52.3 Å². The normalized spacial score (nSPS) is 12.2. The number of benzene rings is 1. The van der Waals surface area contributed by atoms with Crippen LogP contribution < -0.4 is 5.73 Å². The summed E-state index contributed by atoms with van der Waals surface area (Å²) in [5.74, 6) is -0.324. The van der Waals surface area contributed by atoms with Crippen molar-refractivity contribution in [3.63, 3.8) is 0 Å². The third kappa shape index (κ3) is 2.74. The molecule has 0 heterocycles. The predicted molar refractivity (Wildman–Crippen MR) is 45.5 cm³/mol. The Morgan fingerprint density at radius 1 is 1.46 bits per heavy atom. The van der Waals surface area contributed by atoms with Crippen LogP contribution in [0.1, 0.15) is 18.6 Å². The Labute approximate surface area is 75.3 Å². The van der Waals surface area contributed by atoms with Gasteiger partial charge < -0.3 is 10.5 Å². The van der Waals surface area contributed by atoms with E-state index in [-0.39, 0.29) is 5.82 Å². The minimum absolute atomic E-state index is 0.324. The number of ether oxygens (including phenoxy) is 1. The lowest BCUT2D eigenvalue weighted by Crippen LogP contribution is -2.15. The van der Waals surface area contributed by atoms with E-state index in [2.05, 4.69) is 0 Å². The minimum Gasteiger partial charge on any atom is -0.442 e. The van der Waals surface area contributed by atoms with Gasteiger partial charge in [-0.05, 0) is 24.6 Å². The first-order valence-electron chi connectivity index (χ1n) is 3.81. The van der Waals surface area contributed by atoms with E-state index in [0.717, 1.165) is 0 Å². The second-order valence-electron chi connectivity index (χ2n) is 2.63. The number of amides is 1. The third-order valence-corrected chi connectivity index (χ3v) is 1.63. The number of carbonyl (C=O) groups excluding carboxylic acids is 1. The number of nitrogens with two attached hydrogens (primary N) is 1. The van der Waals surface area contributed by atoms with Gasteiger partial charge in [-0.15, -0.1) is 0 Å². The fourth-order valence-corrected chi connectivity index (χ4v) is 0.976. The van der Waals surface area contributed by atoms with E-state index in [1.54, 1.807) is 19.1 Å². The quantitative estimate of drug-likeness (QED) is 0.762. The fraction of sp³-hybridized carbons (Fsp3) is 0.222. The van der Waals surface area contributed by atoms with Gasteiger partial charge in [0.15, 0.2) is 0 Å². The summed E-state index contributed by atoms with van der Waals surface area (Å²) >= 11 is 0. The molecule has 13 heavy (non-hydrogen) atoms. The van der Waals surface area contributed by atoms with Gasteiger partial charge in [0.1, 0.15) is 11.9 Å². The maximum atomic E-state index is 12.5. The van der Waals surface area contributed by atoms with Crippen molar-refractivity contribution >= 4 is 6.09 Å². The highest BCUT2D eigenvalue weighted by Gasteiger charge is 2.08. The Kier molecular flexibility index (Phi) is 2.84. The summed E-state index contributed by atoms with van der Waals surface area (Å²) < 4.78 is 17.2. The molecule has 0 saturated carbocycles. The summed E-state index contributed by atoms with van der Waals surface area (Å²) in [5.41, 5.74) is 5.53. The molecular weight excluding hydrogens is 173 g/mol. The first-order valence-corrected chi connectivity index (χ1v) is 3.81. The van der Waals surface area contributed by atoms with Crippen molar-refractivity contribution in [3.05, 3.63) is 35.6 Å². The van der Waals surface area contributed by atoms with E-state index in [4.69, 9.17) is 10.5 Å². The highest BCUT2D eigenvalue weighted by molar-refractivity contribution is 5.64. The zero-order chi connectivity index (χ0) is 9.84. The largest absolute Gasteiger partial charge is 0.442 e. The maximum absolute atomic E-state index is 12.5. The molecule has 0 aliphatic rings. The molecule has 0 fully saturated rings. The van der Waals surface area contributed by atoms with Gasteiger partial charge >= 0.3 is 6.09 Å². The highest BCUT2D eigenvalue weighted by Crippen LogP contribution is 2.16. The summed E-state index contributed by atoms with van der Waals surface area (Å²) in [6, 6.07) is 5.69. The molecule has 0 radical (unpaired) electrons. The van der Waals surface area contributed by atoms with Crippen LogP contribution in [0.15, 0.2) is 24.3 Å².